The van der Waals surface area contributed by atoms with Crippen LogP contribution in [0.25, 0.3) is 0 Å². The summed E-state index contributed by atoms with van der Waals surface area (Å²) in [6.45, 7) is 5.57. The highest BCUT2D eigenvalue weighted by atomic mass is 16.2. The number of hydrogen-bond acceptors (Lipinski definition) is 4. The maximum absolute atomic E-state index is 11.6. The number of rotatable bonds is 3. The first-order chi connectivity index (χ1) is 10.1. The molecule has 1 aromatic rings. The third-order valence-corrected chi connectivity index (χ3v) is 4.66. The smallest absolute Gasteiger partial charge is 0.296 e. The molecule has 1 N–H and O–H groups in total. The minimum Gasteiger partial charge on any atom is -0.371 e. The number of amides is 1. The molecular weight excluding hydrogens is 266 g/mol. The summed E-state index contributed by atoms with van der Waals surface area (Å²) < 4.78 is 0. The maximum atomic E-state index is 11.6. The van der Waals surface area contributed by atoms with Gasteiger partial charge in [-0.05, 0) is 37.6 Å². The van der Waals surface area contributed by atoms with Crippen LogP contribution in [-0.2, 0) is 4.79 Å². The number of ketones is 1. The highest BCUT2D eigenvalue weighted by molar-refractivity contribution is 6.51. The van der Waals surface area contributed by atoms with Crippen LogP contribution in [0.5, 0.6) is 0 Å². The molecule has 1 aromatic carbocycles. The number of nitrogens with zero attached hydrogens (tertiary/aromatic N) is 2. The molecule has 21 heavy (non-hydrogen) atoms. The van der Waals surface area contributed by atoms with Crippen LogP contribution in [-0.4, -0.2) is 49.3 Å². The second kappa shape index (κ2) is 5.48. The summed E-state index contributed by atoms with van der Waals surface area (Å²) >= 11 is 0. The van der Waals surface area contributed by atoms with Gasteiger partial charge < -0.3 is 15.1 Å². The van der Waals surface area contributed by atoms with E-state index in [1.54, 1.807) is 6.07 Å². The van der Waals surface area contributed by atoms with Crippen LogP contribution < -0.4 is 10.2 Å². The van der Waals surface area contributed by atoms with Crippen molar-refractivity contribution in [3.05, 3.63) is 23.8 Å². The lowest BCUT2D eigenvalue weighted by Gasteiger charge is -2.37. The number of piperidine rings is 1. The second-order valence-corrected chi connectivity index (χ2v) is 5.79. The standard InChI is InChI=1S/C16H21N3O2/c1-3-19-8-6-11(7-9-19)18(2)12-4-5-13-14(10-12)17-16(21)15(13)20/h4-5,10-11H,3,6-9H2,1-2H3,(H,17,20,21). The summed E-state index contributed by atoms with van der Waals surface area (Å²) in [6, 6.07) is 6.11. The minimum absolute atomic E-state index is 0.435. The fraction of sp³-hybridized carbons (Fsp3) is 0.500. The van der Waals surface area contributed by atoms with Crippen molar-refractivity contribution in [3.63, 3.8) is 0 Å². The average molecular weight is 287 g/mol. The van der Waals surface area contributed by atoms with Crippen molar-refractivity contribution in [2.45, 2.75) is 25.8 Å². The second-order valence-electron chi connectivity index (χ2n) is 5.79. The Hall–Kier alpha value is -1.88. The van der Waals surface area contributed by atoms with Crippen LogP contribution in [0.1, 0.15) is 30.1 Å². The summed E-state index contributed by atoms with van der Waals surface area (Å²) in [4.78, 5) is 27.8. The predicted octanol–water partition coefficient (Wildman–Crippen LogP) is 1.74. The lowest BCUT2D eigenvalue weighted by Crippen LogP contribution is -2.43. The van der Waals surface area contributed by atoms with Crippen molar-refractivity contribution in [2.24, 2.45) is 0 Å². The molecule has 5 heteroatoms. The molecule has 2 aliphatic heterocycles. The molecule has 1 fully saturated rings. The van der Waals surface area contributed by atoms with E-state index in [2.05, 4.69) is 29.1 Å². The van der Waals surface area contributed by atoms with E-state index < -0.39 is 11.7 Å². The Morgan fingerprint density at radius 3 is 2.67 bits per heavy atom. The Balaban J connectivity index is 1.75. The van der Waals surface area contributed by atoms with Gasteiger partial charge >= 0.3 is 0 Å². The quantitative estimate of drug-likeness (QED) is 0.860. The SMILES string of the molecule is CCN1CCC(N(C)c2ccc3c(c2)NC(=O)C3=O)CC1. The number of Topliss-reactive ketones (excluding diaryl/α,β-unsaturated/α-hetero) is 1. The Morgan fingerprint density at radius 1 is 1.29 bits per heavy atom. The average Bonchev–Trinajstić information content (AvgIpc) is 2.81. The number of likely N-dealkylation sites (tertiary alicyclic amines) is 1. The van der Waals surface area contributed by atoms with Crippen molar-refractivity contribution in [2.75, 3.05) is 36.9 Å². The number of benzene rings is 1. The van der Waals surface area contributed by atoms with Gasteiger partial charge in [0.05, 0.1) is 11.3 Å². The first-order valence-electron chi connectivity index (χ1n) is 7.55. The largest absolute Gasteiger partial charge is 0.371 e. The predicted molar refractivity (Wildman–Crippen MR) is 82.9 cm³/mol. The summed E-state index contributed by atoms with van der Waals surface area (Å²) in [5.41, 5.74) is 2.18. The van der Waals surface area contributed by atoms with Gasteiger partial charge in [-0.15, -0.1) is 0 Å². The lowest BCUT2D eigenvalue weighted by molar-refractivity contribution is -0.112. The molecule has 5 nitrogen and oxygen atoms in total. The maximum Gasteiger partial charge on any atom is 0.296 e. The van der Waals surface area contributed by atoms with Crippen LogP contribution in [0.15, 0.2) is 18.2 Å². The monoisotopic (exact) mass is 287 g/mol. The topological polar surface area (TPSA) is 52.6 Å². The van der Waals surface area contributed by atoms with Crippen molar-refractivity contribution in [1.29, 1.82) is 0 Å². The van der Waals surface area contributed by atoms with Crippen molar-refractivity contribution in [3.8, 4) is 0 Å². The summed E-state index contributed by atoms with van der Waals surface area (Å²) in [5.74, 6) is -0.962. The van der Waals surface area contributed by atoms with E-state index in [0.29, 0.717) is 17.3 Å². The van der Waals surface area contributed by atoms with Gasteiger partial charge in [-0.25, -0.2) is 0 Å². The number of anilines is 2. The normalized spacial score (nSPS) is 19.5. The fourth-order valence-electron chi connectivity index (χ4n) is 3.19. The zero-order valence-corrected chi connectivity index (χ0v) is 12.6. The summed E-state index contributed by atoms with van der Waals surface area (Å²) in [6.07, 6.45) is 2.29. The molecule has 1 saturated heterocycles. The lowest BCUT2D eigenvalue weighted by atomic mass is 10.0. The van der Waals surface area contributed by atoms with Gasteiger partial charge in [-0.3, -0.25) is 9.59 Å². The molecule has 0 aliphatic carbocycles. The highest BCUT2D eigenvalue weighted by Gasteiger charge is 2.29. The zero-order chi connectivity index (χ0) is 15.0. The van der Waals surface area contributed by atoms with Gasteiger partial charge in [-0.1, -0.05) is 6.92 Å². The first kappa shape index (κ1) is 14.1. The Labute approximate surface area is 124 Å². The number of carbonyl (C=O) groups excluding carboxylic acids is 2. The Bertz CT molecular complexity index is 577. The summed E-state index contributed by atoms with van der Waals surface area (Å²) in [5, 5.41) is 2.64. The molecular formula is C16H21N3O2. The Morgan fingerprint density at radius 2 is 2.00 bits per heavy atom. The number of carbonyl (C=O) groups is 2. The summed E-state index contributed by atoms with van der Waals surface area (Å²) in [7, 11) is 2.09. The molecule has 0 aromatic heterocycles. The number of fused-ring (bicyclic) bond motifs is 1. The van der Waals surface area contributed by atoms with Gasteiger partial charge in [0.2, 0.25) is 0 Å². The van der Waals surface area contributed by atoms with Gasteiger partial charge in [0.25, 0.3) is 11.7 Å². The van der Waals surface area contributed by atoms with Gasteiger partial charge in [0.1, 0.15) is 0 Å². The van der Waals surface area contributed by atoms with Crippen molar-refractivity contribution in [1.82, 2.24) is 4.90 Å². The van der Waals surface area contributed by atoms with E-state index in [4.69, 9.17) is 0 Å². The van der Waals surface area contributed by atoms with Crippen molar-refractivity contribution >= 4 is 23.1 Å². The third-order valence-electron chi connectivity index (χ3n) is 4.66. The molecule has 0 saturated carbocycles. The fourth-order valence-corrected chi connectivity index (χ4v) is 3.19. The van der Waals surface area contributed by atoms with Gasteiger partial charge in [0, 0.05) is 31.9 Å². The van der Waals surface area contributed by atoms with Crippen LogP contribution >= 0.6 is 0 Å². The molecule has 3 rings (SSSR count). The molecule has 0 spiro atoms. The molecule has 112 valence electrons. The van der Waals surface area contributed by atoms with Crippen LogP contribution in [0, 0.1) is 0 Å². The molecule has 0 atom stereocenters. The molecule has 0 unspecified atom stereocenters. The molecule has 0 radical (unpaired) electrons. The molecule has 2 aliphatic rings. The van der Waals surface area contributed by atoms with E-state index >= 15 is 0 Å². The van der Waals surface area contributed by atoms with Gasteiger partial charge in [-0.2, -0.15) is 0 Å². The van der Waals surface area contributed by atoms with E-state index in [0.717, 1.165) is 38.2 Å². The van der Waals surface area contributed by atoms with Crippen LogP contribution in [0.3, 0.4) is 0 Å². The Kier molecular flexibility index (Phi) is 3.68. The molecule has 1 amide bonds. The number of hydrogen-bond donors (Lipinski definition) is 1. The third kappa shape index (κ3) is 2.53. The van der Waals surface area contributed by atoms with E-state index in [1.807, 2.05) is 12.1 Å². The minimum atomic E-state index is -0.527. The van der Waals surface area contributed by atoms with E-state index in [1.165, 1.54) is 0 Å². The van der Waals surface area contributed by atoms with Crippen LogP contribution in [0.2, 0.25) is 0 Å². The zero-order valence-electron chi connectivity index (χ0n) is 12.6. The van der Waals surface area contributed by atoms with Crippen molar-refractivity contribution < 1.29 is 9.59 Å². The van der Waals surface area contributed by atoms with Crippen LogP contribution in [0.4, 0.5) is 11.4 Å². The first-order valence-corrected chi connectivity index (χ1v) is 7.55. The molecule has 2 heterocycles. The highest BCUT2D eigenvalue weighted by Crippen LogP contribution is 2.30. The molecule has 0 bridgehead atoms. The number of nitrogens with one attached hydrogen (secondary N) is 1. The van der Waals surface area contributed by atoms with E-state index in [9.17, 15) is 9.59 Å². The van der Waals surface area contributed by atoms with Gasteiger partial charge in [0.15, 0.2) is 0 Å². The van der Waals surface area contributed by atoms with E-state index in [-0.39, 0.29) is 0 Å².